The number of hydrogen-bond acceptors (Lipinski definition) is 6. The van der Waals surface area contributed by atoms with Gasteiger partial charge in [0.05, 0.1) is 17.9 Å². The Morgan fingerprint density at radius 1 is 0.923 bits per heavy atom. The van der Waals surface area contributed by atoms with Crippen molar-refractivity contribution < 1.29 is 29.3 Å². The highest BCUT2D eigenvalue weighted by molar-refractivity contribution is 6.00. The summed E-state index contributed by atoms with van der Waals surface area (Å²) in [6.45, 7) is 21.0. The number of benzene rings is 1. The van der Waals surface area contributed by atoms with Gasteiger partial charge in [-0.3, -0.25) is 14.4 Å². The third-order valence-electron chi connectivity index (χ3n) is 16.3. The first-order valence-electron chi connectivity index (χ1n) is 20.4. The molecule has 0 saturated heterocycles. The highest BCUT2D eigenvalue weighted by Crippen LogP contribution is 2.77. The number of carbonyl (C=O) groups is 3. The molecule has 0 spiro atoms. The number of hydrogen-bond donors (Lipinski definition) is 3. The molecule has 4 saturated carbocycles. The minimum atomic E-state index is -1.16. The van der Waals surface area contributed by atoms with Crippen molar-refractivity contribution in [1.29, 1.82) is 0 Å². The van der Waals surface area contributed by atoms with Crippen LogP contribution in [0, 0.1) is 56.2 Å². The fraction of sp³-hybridized carbons (Fsp3) is 0.756. The van der Waals surface area contributed by atoms with Gasteiger partial charge in [-0.25, -0.2) is 0 Å². The maximum atomic E-state index is 14.0. The van der Waals surface area contributed by atoms with Crippen LogP contribution in [-0.4, -0.2) is 53.2 Å². The van der Waals surface area contributed by atoms with E-state index in [1.54, 1.807) is 13.8 Å². The van der Waals surface area contributed by atoms with E-state index >= 15 is 0 Å². The molecule has 6 rings (SSSR count). The average Bonchev–Trinajstić information content (AvgIpc) is 3.38. The van der Waals surface area contributed by atoms with Gasteiger partial charge < -0.3 is 20.3 Å². The molecule has 1 aromatic rings. The lowest BCUT2D eigenvalue weighted by Crippen LogP contribution is -2.66. The minimum absolute atomic E-state index is 0.00379. The normalized spacial score (nSPS) is 37.5. The molecule has 52 heavy (non-hydrogen) atoms. The van der Waals surface area contributed by atoms with E-state index < -0.39 is 28.9 Å². The second-order valence-corrected chi connectivity index (χ2v) is 20.0. The van der Waals surface area contributed by atoms with Crippen LogP contribution >= 0.6 is 0 Å². The number of aliphatic hydroxyl groups excluding tert-OH is 1. The number of esters is 1. The highest BCUT2D eigenvalue weighted by Gasteiger charge is 2.70. The van der Waals surface area contributed by atoms with E-state index in [2.05, 4.69) is 78.0 Å². The van der Waals surface area contributed by atoms with E-state index in [1.807, 2.05) is 6.07 Å². The number of ether oxygens (including phenoxy) is 1. The summed E-state index contributed by atoms with van der Waals surface area (Å²) in [4.78, 5) is 38.8. The summed E-state index contributed by atoms with van der Waals surface area (Å²) in [5, 5.41) is 25.3. The Hall–Kier alpha value is -2.51. The largest absolute Gasteiger partial charge is 0.481 e. The number of Topliss-reactive ketones (excluding diaryl/α,β-unsaturated/α-hetero) is 1. The number of rotatable bonds is 11. The third-order valence-corrected chi connectivity index (χ3v) is 16.3. The number of fused-ring (bicyclic) bond motifs is 7. The van der Waals surface area contributed by atoms with Gasteiger partial charge in [0.1, 0.15) is 6.10 Å². The van der Waals surface area contributed by atoms with Gasteiger partial charge in [0.25, 0.3) is 0 Å². The molecule has 0 radical (unpaired) electrons. The van der Waals surface area contributed by atoms with Gasteiger partial charge in [0.2, 0.25) is 0 Å². The van der Waals surface area contributed by atoms with E-state index in [-0.39, 0.29) is 51.8 Å². The zero-order valence-electron chi connectivity index (χ0n) is 33.6. The number of aliphatic hydroxyl groups is 1. The second-order valence-electron chi connectivity index (χ2n) is 20.0. The molecule has 5 aliphatic carbocycles. The molecule has 0 bridgehead atoms. The van der Waals surface area contributed by atoms with Crippen LogP contribution in [0.2, 0.25) is 0 Å². The number of carbonyl (C=O) groups excluding carboxylic acids is 2. The van der Waals surface area contributed by atoms with Crippen LogP contribution in [0.5, 0.6) is 0 Å². The van der Waals surface area contributed by atoms with Gasteiger partial charge in [0, 0.05) is 23.8 Å². The van der Waals surface area contributed by atoms with E-state index in [4.69, 9.17) is 4.74 Å². The van der Waals surface area contributed by atoms with Crippen LogP contribution in [0.15, 0.2) is 41.5 Å². The Labute approximate surface area is 313 Å². The first-order valence-corrected chi connectivity index (χ1v) is 20.4. The van der Waals surface area contributed by atoms with Crippen molar-refractivity contribution >= 4 is 17.7 Å². The van der Waals surface area contributed by atoms with E-state index in [1.165, 1.54) is 11.1 Å². The molecule has 9 atom stereocenters. The Morgan fingerprint density at radius 2 is 1.62 bits per heavy atom. The van der Waals surface area contributed by atoms with Gasteiger partial charge in [-0.05, 0) is 129 Å². The molecule has 5 aliphatic rings. The van der Waals surface area contributed by atoms with Gasteiger partial charge in [0.15, 0.2) is 5.78 Å². The summed E-state index contributed by atoms with van der Waals surface area (Å²) in [5.74, 6) is 0.126. The average molecular weight is 718 g/mol. The maximum Gasteiger partial charge on any atom is 0.309 e. The van der Waals surface area contributed by atoms with Gasteiger partial charge in [-0.15, -0.1) is 0 Å². The summed E-state index contributed by atoms with van der Waals surface area (Å²) >= 11 is 0. The predicted octanol–water partition coefficient (Wildman–Crippen LogP) is 8.57. The molecule has 7 heteroatoms. The summed E-state index contributed by atoms with van der Waals surface area (Å²) in [6, 6.07) is 10.4. The molecular formula is C45H67NO6. The molecular weight excluding hydrogens is 650 g/mol. The van der Waals surface area contributed by atoms with Crippen molar-refractivity contribution in [3.05, 3.63) is 47.0 Å². The second kappa shape index (κ2) is 13.7. The molecule has 7 nitrogen and oxygen atoms in total. The Bertz CT molecular complexity index is 1580. The lowest BCUT2D eigenvalue weighted by molar-refractivity contribution is -0.235. The summed E-state index contributed by atoms with van der Waals surface area (Å²) in [5.41, 5.74) is 1.85. The van der Waals surface area contributed by atoms with E-state index in [0.717, 1.165) is 69.9 Å². The third kappa shape index (κ3) is 6.12. The smallest absolute Gasteiger partial charge is 0.309 e. The first-order chi connectivity index (χ1) is 24.2. The Balaban J connectivity index is 1.24. The van der Waals surface area contributed by atoms with Crippen LogP contribution < -0.4 is 5.32 Å². The fourth-order valence-corrected chi connectivity index (χ4v) is 13.2. The summed E-state index contributed by atoms with van der Waals surface area (Å²) in [6.07, 6.45) is 8.28. The fourth-order valence-electron chi connectivity index (χ4n) is 13.2. The van der Waals surface area contributed by atoms with Gasteiger partial charge >= 0.3 is 11.9 Å². The van der Waals surface area contributed by atoms with Crippen LogP contribution in [-0.2, 0) is 25.5 Å². The van der Waals surface area contributed by atoms with Crippen LogP contribution in [0.3, 0.4) is 0 Å². The number of carboxylic acid groups (broad SMARTS) is 1. The van der Waals surface area contributed by atoms with Crippen LogP contribution in [0.1, 0.15) is 132 Å². The summed E-state index contributed by atoms with van der Waals surface area (Å²) in [7, 11) is 0. The van der Waals surface area contributed by atoms with Gasteiger partial charge in [-0.2, -0.15) is 0 Å². The SMILES string of the molecule is CC(C)C1=C2[C@H]3CC[C@@H]4[C@@]5(C)CC[C@H](OC(=O)CC(C)(C)C(=O)O)C(C)(C)C5CC[C@@]4(C)[C@]3(C)CCC2([C@@H](O)CNCCc2ccccc2)CC1=O. The van der Waals surface area contributed by atoms with Crippen LogP contribution in [0.4, 0.5) is 0 Å². The molecule has 288 valence electrons. The standard InChI is InChI=1S/C45H67NO6/c1-28(2)37-31(47)25-45(34(48)27-46-24-19-29-13-11-10-12-14-29)23-22-43(8)30(38(37)45)15-16-33-42(7)20-18-35(52-36(49)26-40(3,4)39(50)51)41(5,6)32(42)17-21-44(33,43)9/h10-14,28,30,32-35,46,48H,15-27H2,1-9H3,(H,50,51)/t30-,32?,33-,34+,35+,42+,43-,44-,45?/m1/s1. The number of allylic oxidation sites excluding steroid dienone is 1. The van der Waals surface area contributed by atoms with Crippen molar-refractivity contribution in [3.8, 4) is 0 Å². The highest BCUT2D eigenvalue weighted by atomic mass is 16.5. The monoisotopic (exact) mass is 717 g/mol. The molecule has 2 unspecified atom stereocenters. The number of aliphatic carboxylic acids is 1. The van der Waals surface area contributed by atoms with Crippen molar-refractivity contribution in [2.75, 3.05) is 13.1 Å². The molecule has 0 amide bonds. The number of ketones is 1. The lowest BCUT2D eigenvalue weighted by atomic mass is 9.33. The van der Waals surface area contributed by atoms with Crippen molar-refractivity contribution in [1.82, 2.24) is 5.32 Å². The molecule has 0 heterocycles. The molecule has 1 aromatic carbocycles. The number of carboxylic acids is 1. The van der Waals surface area contributed by atoms with Gasteiger partial charge in [-0.1, -0.05) is 84.4 Å². The Morgan fingerprint density at radius 3 is 2.27 bits per heavy atom. The molecule has 4 fully saturated rings. The maximum absolute atomic E-state index is 14.0. The van der Waals surface area contributed by atoms with Crippen molar-refractivity contribution in [3.63, 3.8) is 0 Å². The zero-order valence-corrected chi connectivity index (χ0v) is 33.6. The predicted molar refractivity (Wildman–Crippen MR) is 204 cm³/mol. The van der Waals surface area contributed by atoms with E-state index in [0.29, 0.717) is 24.8 Å². The van der Waals surface area contributed by atoms with Crippen molar-refractivity contribution in [2.45, 2.75) is 145 Å². The Kier molecular flexibility index (Phi) is 10.3. The zero-order chi connectivity index (χ0) is 38.1. The quantitative estimate of drug-likeness (QED) is 0.155. The van der Waals surface area contributed by atoms with Crippen LogP contribution in [0.25, 0.3) is 0 Å². The molecule has 0 aromatic heterocycles. The first kappa shape index (κ1) is 39.2. The van der Waals surface area contributed by atoms with E-state index in [9.17, 15) is 24.6 Å². The lowest BCUT2D eigenvalue weighted by Gasteiger charge is -2.72. The summed E-state index contributed by atoms with van der Waals surface area (Å²) < 4.78 is 6.17. The topological polar surface area (TPSA) is 113 Å². The number of nitrogens with one attached hydrogen (secondary N) is 1. The van der Waals surface area contributed by atoms with Crippen molar-refractivity contribution in [2.24, 2.45) is 56.2 Å². The molecule has 3 N–H and O–H groups in total. The minimum Gasteiger partial charge on any atom is -0.481 e. The molecule has 0 aliphatic heterocycles.